The minimum Gasteiger partial charge on any atom is -0.481 e. The van der Waals surface area contributed by atoms with Crippen LogP contribution in [0.3, 0.4) is 0 Å². The molecule has 0 bridgehead atoms. The molecule has 156 valence electrons. The fourth-order valence-electron chi connectivity index (χ4n) is 3.58. The Balaban J connectivity index is 1.82. The van der Waals surface area contributed by atoms with E-state index in [0.717, 1.165) is 9.90 Å². The highest BCUT2D eigenvalue weighted by atomic mass is 35.5. The lowest BCUT2D eigenvalue weighted by molar-refractivity contribution is -0.137. The highest BCUT2D eigenvalue weighted by Gasteiger charge is 2.39. The first-order valence-electron chi connectivity index (χ1n) is 9.69. The monoisotopic (exact) mass is 428 g/mol. The zero-order valence-corrected chi connectivity index (χ0v) is 17.4. The first-order chi connectivity index (χ1) is 13.4. The van der Waals surface area contributed by atoms with Crippen molar-refractivity contribution in [1.82, 2.24) is 0 Å². The normalized spacial score (nSPS) is 26.4. The molecule has 0 aliphatic heterocycles. The Morgan fingerprint density at radius 3 is 2.79 bits per heavy atom. The van der Waals surface area contributed by atoms with Crippen molar-refractivity contribution in [3.8, 4) is 0 Å². The third-order valence-corrected chi connectivity index (χ3v) is 6.61. The summed E-state index contributed by atoms with van der Waals surface area (Å²) in [5, 5.41) is 42.0. The SMILES string of the molecule is O=C(O)CCC/C=C\C[C@@H]1[C@@H](/C=C/[C@@H](O)CCc2sccc2Cl)[C@H](O)C[C@@H]1O. The molecule has 1 aromatic heterocycles. The number of aryl methyl sites for hydroxylation is 1. The van der Waals surface area contributed by atoms with Gasteiger partial charge < -0.3 is 20.4 Å². The van der Waals surface area contributed by atoms with Crippen molar-refractivity contribution in [3.05, 3.63) is 45.7 Å². The average molecular weight is 429 g/mol. The van der Waals surface area contributed by atoms with E-state index in [9.17, 15) is 20.1 Å². The third-order valence-electron chi connectivity index (χ3n) is 5.17. The molecule has 1 aliphatic rings. The van der Waals surface area contributed by atoms with Gasteiger partial charge in [0.2, 0.25) is 0 Å². The van der Waals surface area contributed by atoms with E-state index in [0.29, 0.717) is 38.5 Å². The van der Waals surface area contributed by atoms with Crippen LogP contribution in [0.1, 0.15) is 43.4 Å². The van der Waals surface area contributed by atoms with Crippen molar-refractivity contribution in [2.75, 3.05) is 0 Å². The van der Waals surface area contributed by atoms with Crippen molar-refractivity contribution < 1.29 is 25.2 Å². The molecule has 5 atom stereocenters. The van der Waals surface area contributed by atoms with E-state index in [4.69, 9.17) is 16.7 Å². The maximum atomic E-state index is 10.5. The molecule has 2 rings (SSSR count). The summed E-state index contributed by atoms with van der Waals surface area (Å²) in [4.78, 5) is 11.6. The predicted molar refractivity (Wildman–Crippen MR) is 112 cm³/mol. The van der Waals surface area contributed by atoms with Gasteiger partial charge in [-0.05, 0) is 49.5 Å². The Labute approximate surface area is 175 Å². The summed E-state index contributed by atoms with van der Waals surface area (Å²) in [5.74, 6) is -1.12. The zero-order valence-electron chi connectivity index (χ0n) is 15.8. The van der Waals surface area contributed by atoms with Crippen molar-refractivity contribution in [3.63, 3.8) is 0 Å². The minimum atomic E-state index is -0.798. The molecule has 5 nitrogen and oxygen atoms in total. The highest BCUT2D eigenvalue weighted by molar-refractivity contribution is 7.10. The molecule has 4 N–H and O–H groups in total. The molecule has 0 unspecified atom stereocenters. The smallest absolute Gasteiger partial charge is 0.303 e. The quantitative estimate of drug-likeness (QED) is 0.317. The molecule has 0 radical (unpaired) electrons. The maximum absolute atomic E-state index is 10.5. The summed E-state index contributed by atoms with van der Waals surface area (Å²) in [6.45, 7) is 0. The number of aliphatic hydroxyl groups is 3. The molecule has 0 amide bonds. The van der Waals surface area contributed by atoms with Gasteiger partial charge in [0.25, 0.3) is 0 Å². The third kappa shape index (κ3) is 7.33. The number of halogens is 1. The standard InChI is InChI=1S/C21H29ClO5S/c22-17-11-12-28-20(17)10-8-14(23)7-9-16-15(18(24)13-19(16)25)5-3-1-2-4-6-21(26)27/h1,3,7,9,11-12,14-16,18-19,23-25H,2,4-6,8,10,13H2,(H,26,27)/b3-1-,9-7+/t14-,15-,16-,18+,19-/m1/s1. The number of carboxylic acids is 1. The summed E-state index contributed by atoms with van der Waals surface area (Å²) >= 11 is 7.64. The fraction of sp³-hybridized carbons (Fsp3) is 0.571. The molecule has 0 aromatic carbocycles. The van der Waals surface area contributed by atoms with E-state index in [2.05, 4.69) is 0 Å². The van der Waals surface area contributed by atoms with Gasteiger partial charge in [-0.2, -0.15) is 0 Å². The predicted octanol–water partition coefficient (Wildman–Crippen LogP) is 3.81. The van der Waals surface area contributed by atoms with Crippen LogP contribution in [0.2, 0.25) is 5.02 Å². The summed E-state index contributed by atoms with van der Waals surface area (Å²) in [6, 6.07) is 1.85. The lowest BCUT2D eigenvalue weighted by Gasteiger charge is -2.19. The van der Waals surface area contributed by atoms with E-state index < -0.39 is 24.3 Å². The molecule has 1 heterocycles. The Hall–Kier alpha value is -1.18. The van der Waals surface area contributed by atoms with E-state index in [-0.39, 0.29) is 18.3 Å². The second-order valence-electron chi connectivity index (χ2n) is 7.29. The molecule has 0 spiro atoms. The number of allylic oxidation sites excluding steroid dienone is 2. The van der Waals surface area contributed by atoms with E-state index in [1.165, 1.54) is 0 Å². The van der Waals surface area contributed by atoms with Crippen molar-refractivity contribution in [2.24, 2.45) is 11.8 Å². The number of thiophene rings is 1. The van der Waals surface area contributed by atoms with Crippen LogP contribution in [0.5, 0.6) is 0 Å². The molecule has 1 aromatic rings. The van der Waals surface area contributed by atoms with Gasteiger partial charge in [0.1, 0.15) is 0 Å². The van der Waals surface area contributed by atoms with Crippen LogP contribution in [-0.2, 0) is 11.2 Å². The van der Waals surface area contributed by atoms with Crippen LogP contribution in [0, 0.1) is 11.8 Å². The molecular weight excluding hydrogens is 400 g/mol. The topological polar surface area (TPSA) is 98.0 Å². The van der Waals surface area contributed by atoms with Crippen LogP contribution in [0.25, 0.3) is 0 Å². The van der Waals surface area contributed by atoms with E-state index in [1.807, 2.05) is 29.7 Å². The summed E-state index contributed by atoms with van der Waals surface area (Å²) in [7, 11) is 0. The molecule has 0 saturated heterocycles. The van der Waals surface area contributed by atoms with Gasteiger partial charge in [0.15, 0.2) is 0 Å². The van der Waals surface area contributed by atoms with Gasteiger partial charge in [-0.25, -0.2) is 0 Å². The average Bonchev–Trinajstić information content (AvgIpc) is 3.16. The van der Waals surface area contributed by atoms with Crippen LogP contribution in [-0.4, -0.2) is 44.7 Å². The van der Waals surface area contributed by atoms with Crippen molar-refractivity contribution in [2.45, 2.75) is 63.3 Å². The molecule has 1 saturated carbocycles. The molecule has 1 fully saturated rings. The van der Waals surface area contributed by atoms with Gasteiger partial charge in [-0.15, -0.1) is 11.3 Å². The second kappa shape index (κ2) is 11.7. The number of carbonyl (C=O) groups is 1. The van der Waals surface area contributed by atoms with Crippen molar-refractivity contribution in [1.29, 1.82) is 0 Å². The van der Waals surface area contributed by atoms with Gasteiger partial charge in [0, 0.05) is 23.6 Å². The highest BCUT2D eigenvalue weighted by Crippen LogP contribution is 2.36. The van der Waals surface area contributed by atoms with Crippen LogP contribution in [0.4, 0.5) is 0 Å². The van der Waals surface area contributed by atoms with Gasteiger partial charge in [-0.3, -0.25) is 4.79 Å². The Morgan fingerprint density at radius 1 is 1.32 bits per heavy atom. The van der Waals surface area contributed by atoms with Gasteiger partial charge in [-0.1, -0.05) is 35.9 Å². The molecule has 28 heavy (non-hydrogen) atoms. The first kappa shape index (κ1) is 23.1. The lowest BCUT2D eigenvalue weighted by atomic mass is 9.89. The van der Waals surface area contributed by atoms with Crippen LogP contribution < -0.4 is 0 Å². The number of aliphatic carboxylic acids is 1. The summed E-state index contributed by atoms with van der Waals surface area (Å²) in [5.41, 5.74) is 0. The fourth-order valence-corrected chi connectivity index (χ4v) is 4.73. The molecule has 7 heteroatoms. The molecular formula is C21H29ClO5S. The number of unbranched alkanes of at least 4 members (excludes halogenated alkanes) is 1. The number of rotatable bonds is 11. The number of hydrogen-bond donors (Lipinski definition) is 4. The number of carboxylic acid groups (broad SMARTS) is 1. The zero-order chi connectivity index (χ0) is 20.5. The van der Waals surface area contributed by atoms with Crippen molar-refractivity contribution >= 4 is 28.9 Å². The first-order valence-corrected chi connectivity index (χ1v) is 11.0. The Kier molecular flexibility index (Phi) is 9.68. The summed E-state index contributed by atoms with van der Waals surface area (Å²) < 4.78 is 0. The Morgan fingerprint density at radius 2 is 2.11 bits per heavy atom. The number of aliphatic hydroxyl groups excluding tert-OH is 3. The Bertz CT molecular complexity index is 672. The maximum Gasteiger partial charge on any atom is 0.303 e. The summed E-state index contributed by atoms with van der Waals surface area (Å²) in [6.07, 6.45) is 9.17. The second-order valence-corrected chi connectivity index (χ2v) is 8.70. The molecule has 1 aliphatic carbocycles. The van der Waals surface area contributed by atoms with Gasteiger partial charge in [0.05, 0.1) is 23.3 Å². The largest absolute Gasteiger partial charge is 0.481 e. The number of hydrogen-bond acceptors (Lipinski definition) is 5. The van der Waals surface area contributed by atoms with Crippen LogP contribution >= 0.6 is 22.9 Å². The van der Waals surface area contributed by atoms with E-state index in [1.54, 1.807) is 17.4 Å². The van der Waals surface area contributed by atoms with Gasteiger partial charge >= 0.3 is 5.97 Å². The minimum absolute atomic E-state index is 0.110. The lowest BCUT2D eigenvalue weighted by Crippen LogP contribution is -2.20. The van der Waals surface area contributed by atoms with E-state index >= 15 is 0 Å². The van der Waals surface area contributed by atoms with Crippen LogP contribution in [0.15, 0.2) is 35.8 Å².